The lowest BCUT2D eigenvalue weighted by Gasteiger charge is -2.22. The second-order valence-corrected chi connectivity index (χ2v) is 7.46. The summed E-state index contributed by atoms with van der Waals surface area (Å²) in [7, 11) is 0. The molecule has 1 aliphatic rings. The van der Waals surface area contributed by atoms with Gasteiger partial charge in [0.2, 0.25) is 5.88 Å². The average Bonchev–Trinajstić information content (AvgIpc) is 2.44. The number of hydrogen-bond acceptors (Lipinski definition) is 3. The molecule has 21 heavy (non-hydrogen) atoms. The zero-order valence-electron chi connectivity index (χ0n) is 13.4. The number of ether oxygens (including phenoxy) is 1. The van der Waals surface area contributed by atoms with E-state index < -0.39 is 0 Å². The van der Waals surface area contributed by atoms with Gasteiger partial charge in [0, 0.05) is 18.3 Å². The molecule has 1 fully saturated rings. The van der Waals surface area contributed by atoms with Crippen molar-refractivity contribution in [1.82, 2.24) is 10.3 Å². The zero-order valence-corrected chi connectivity index (χ0v) is 14.2. The number of halogens is 1. The van der Waals surface area contributed by atoms with Crippen molar-refractivity contribution in [2.45, 2.75) is 65.0 Å². The number of nitrogens with one attached hydrogen (secondary N) is 1. The third-order valence-corrected chi connectivity index (χ3v) is 4.14. The Morgan fingerprint density at radius 1 is 1.29 bits per heavy atom. The van der Waals surface area contributed by atoms with E-state index in [0.29, 0.717) is 16.8 Å². The number of hydrogen-bond donors (Lipinski definition) is 1. The van der Waals surface area contributed by atoms with Gasteiger partial charge < -0.3 is 10.1 Å². The summed E-state index contributed by atoms with van der Waals surface area (Å²) in [5.41, 5.74) is 1.17. The molecular weight excluding hydrogens is 284 g/mol. The van der Waals surface area contributed by atoms with Crippen molar-refractivity contribution >= 4 is 11.6 Å². The minimum absolute atomic E-state index is 0.0859. The van der Waals surface area contributed by atoms with Gasteiger partial charge in [-0.3, -0.25) is 0 Å². The molecule has 0 atom stereocenters. The molecule has 0 spiro atoms. The first kappa shape index (κ1) is 16.6. The lowest BCUT2D eigenvalue weighted by atomic mass is 9.90. The van der Waals surface area contributed by atoms with Gasteiger partial charge in [0.25, 0.3) is 0 Å². The third-order valence-electron chi connectivity index (χ3n) is 3.87. The molecule has 1 N–H and O–H groups in total. The molecule has 0 aliphatic heterocycles. The summed E-state index contributed by atoms with van der Waals surface area (Å²) >= 11 is 6.28. The summed E-state index contributed by atoms with van der Waals surface area (Å²) in [6.45, 7) is 7.93. The van der Waals surface area contributed by atoms with E-state index >= 15 is 0 Å². The molecule has 0 radical (unpaired) electrons. The van der Waals surface area contributed by atoms with Gasteiger partial charge in [0.05, 0.1) is 6.61 Å². The zero-order chi connectivity index (χ0) is 15.3. The lowest BCUT2D eigenvalue weighted by molar-refractivity contribution is 0.203. The fourth-order valence-corrected chi connectivity index (χ4v) is 2.83. The van der Waals surface area contributed by atoms with Crippen LogP contribution in [0.3, 0.4) is 0 Å². The van der Waals surface area contributed by atoms with Crippen LogP contribution in [0.2, 0.25) is 5.02 Å². The second kappa shape index (κ2) is 7.46. The van der Waals surface area contributed by atoms with Crippen molar-refractivity contribution in [3.63, 3.8) is 0 Å². The van der Waals surface area contributed by atoms with Crippen molar-refractivity contribution < 1.29 is 4.74 Å². The fraction of sp³-hybridized carbons (Fsp3) is 0.706. The molecule has 4 heteroatoms. The molecule has 1 aliphatic carbocycles. The van der Waals surface area contributed by atoms with Crippen LogP contribution in [0.15, 0.2) is 12.3 Å². The first-order chi connectivity index (χ1) is 9.94. The Hall–Kier alpha value is -0.800. The molecule has 1 saturated carbocycles. The van der Waals surface area contributed by atoms with Crippen molar-refractivity contribution in [3.8, 4) is 5.88 Å². The molecule has 3 nitrogen and oxygen atoms in total. The largest absolute Gasteiger partial charge is 0.476 e. The highest BCUT2D eigenvalue weighted by Crippen LogP contribution is 2.27. The van der Waals surface area contributed by atoms with Crippen molar-refractivity contribution in [1.29, 1.82) is 0 Å². The van der Waals surface area contributed by atoms with Crippen molar-refractivity contribution in [2.24, 2.45) is 5.92 Å². The number of rotatable bonds is 5. The highest BCUT2D eigenvalue weighted by atomic mass is 35.5. The van der Waals surface area contributed by atoms with Gasteiger partial charge in [0.15, 0.2) is 0 Å². The maximum absolute atomic E-state index is 6.28. The molecule has 1 aromatic heterocycles. The van der Waals surface area contributed by atoms with E-state index in [-0.39, 0.29) is 5.54 Å². The molecule has 1 aromatic rings. The van der Waals surface area contributed by atoms with Crippen LogP contribution in [0.1, 0.15) is 58.4 Å². The topological polar surface area (TPSA) is 34.2 Å². The van der Waals surface area contributed by atoms with Crippen LogP contribution in [-0.4, -0.2) is 17.1 Å². The maximum atomic E-state index is 6.28. The minimum atomic E-state index is 0.0859. The molecule has 2 rings (SSSR count). The Balaban J connectivity index is 1.86. The summed E-state index contributed by atoms with van der Waals surface area (Å²) < 4.78 is 5.81. The Morgan fingerprint density at radius 2 is 2.00 bits per heavy atom. The smallest absolute Gasteiger partial charge is 0.232 e. The molecule has 0 amide bonds. The van der Waals surface area contributed by atoms with Crippen LogP contribution < -0.4 is 10.1 Å². The van der Waals surface area contributed by atoms with Gasteiger partial charge in [-0.15, -0.1) is 0 Å². The first-order valence-corrected chi connectivity index (χ1v) is 8.34. The third kappa shape index (κ3) is 5.84. The minimum Gasteiger partial charge on any atom is -0.476 e. The highest BCUT2D eigenvalue weighted by Gasteiger charge is 2.15. The molecule has 0 bridgehead atoms. The number of nitrogens with zero attached hydrogens (tertiary/aromatic N) is 1. The van der Waals surface area contributed by atoms with Crippen LogP contribution >= 0.6 is 11.6 Å². The van der Waals surface area contributed by atoms with Crippen molar-refractivity contribution in [3.05, 3.63) is 22.8 Å². The van der Waals surface area contributed by atoms with E-state index in [1.54, 1.807) is 0 Å². The van der Waals surface area contributed by atoms with E-state index in [1.165, 1.54) is 32.1 Å². The Bertz CT molecular complexity index is 451. The predicted octanol–water partition coefficient (Wildman–Crippen LogP) is 4.58. The molecule has 118 valence electrons. The Labute approximate surface area is 133 Å². The highest BCUT2D eigenvalue weighted by molar-refractivity contribution is 6.31. The van der Waals surface area contributed by atoms with Crippen LogP contribution in [0, 0.1) is 5.92 Å². The lowest BCUT2D eigenvalue weighted by Crippen LogP contribution is -2.35. The van der Waals surface area contributed by atoms with Crippen LogP contribution in [0.4, 0.5) is 0 Å². The van der Waals surface area contributed by atoms with E-state index in [4.69, 9.17) is 16.3 Å². The summed E-state index contributed by atoms with van der Waals surface area (Å²) in [6, 6.07) is 1.95. The quantitative estimate of drug-likeness (QED) is 0.864. The molecule has 0 aromatic carbocycles. The van der Waals surface area contributed by atoms with E-state index in [2.05, 4.69) is 31.1 Å². The van der Waals surface area contributed by atoms with Gasteiger partial charge in [0.1, 0.15) is 5.02 Å². The van der Waals surface area contributed by atoms with Gasteiger partial charge in [-0.2, -0.15) is 0 Å². The first-order valence-electron chi connectivity index (χ1n) is 7.96. The maximum Gasteiger partial charge on any atom is 0.232 e. The summed E-state index contributed by atoms with van der Waals surface area (Å²) in [6.07, 6.45) is 8.40. The molecule has 0 unspecified atom stereocenters. The fourth-order valence-electron chi connectivity index (χ4n) is 2.59. The van der Waals surface area contributed by atoms with E-state index in [9.17, 15) is 0 Å². The Morgan fingerprint density at radius 3 is 2.62 bits per heavy atom. The van der Waals surface area contributed by atoms with Crippen LogP contribution in [0.25, 0.3) is 0 Å². The SMILES string of the molecule is CC(C)(C)NCc1cnc(OCC2CCCCC2)c(Cl)c1. The number of aromatic nitrogens is 1. The molecular formula is C17H27ClN2O. The monoisotopic (exact) mass is 310 g/mol. The number of pyridine rings is 1. The average molecular weight is 311 g/mol. The van der Waals surface area contributed by atoms with Gasteiger partial charge >= 0.3 is 0 Å². The molecule has 1 heterocycles. The van der Waals surface area contributed by atoms with Crippen molar-refractivity contribution in [2.75, 3.05) is 6.61 Å². The van der Waals surface area contributed by atoms with E-state index in [0.717, 1.165) is 18.7 Å². The van der Waals surface area contributed by atoms with Crippen LogP contribution in [-0.2, 0) is 6.54 Å². The summed E-state index contributed by atoms with van der Waals surface area (Å²) in [4.78, 5) is 4.37. The summed E-state index contributed by atoms with van der Waals surface area (Å²) in [5, 5.41) is 4.04. The predicted molar refractivity (Wildman–Crippen MR) is 87.9 cm³/mol. The Kier molecular flexibility index (Phi) is 5.88. The summed E-state index contributed by atoms with van der Waals surface area (Å²) in [5.74, 6) is 1.24. The van der Waals surface area contributed by atoms with Gasteiger partial charge in [-0.05, 0) is 51.2 Å². The normalized spacial score (nSPS) is 17.0. The van der Waals surface area contributed by atoms with E-state index in [1.807, 2.05) is 12.3 Å². The van der Waals surface area contributed by atoms with Gasteiger partial charge in [-0.1, -0.05) is 30.9 Å². The standard InChI is InChI=1S/C17H27ClN2O/c1-17(2,3)20-11-14-9-15(18)16(19-10-14)21-12-13-7-5-4-6-8-13/h9-10,13,20H,4-8,11-12H2,1-3H3. The molecule has 0 saturated heterocycles. The van der Waals surface area contributed by atoms with Gasteiger partial charge in [-0.25, -0.2) is 4.98 Å². The second-order valence-electron chi connectivity index (χ2n) is 7.05. The van der Waals surface area contributed by atoms with Crippen LogP contribution in [0.5, 0.6) is 5.88 Å².